The van der Waals surface area contributed by atoms with Gasteiger partial charge in [-0.2, -0.15) is 0 Å². The Hall–Kier alpha value is -0.0100. The second kappa shape index (κ2) is 2.24. The summed E-state index contributed by atoms with van der Waals surface area (Å²) in [6.07, 6.45) is 2.74. The van der Waals surface area contributed by atoms with Crippen molar-refractivity contribution in [1.29, 1.82) is 0 Å². The predicted molar refractivity (Wildman–Crippen MR) is 46.0 cm³/mol. The topological polar surface area (TPSA) is 0 Å². The van der Waals surface area contributed by atoms with E-state index in [1.807, 2.05) is 11.3 Å². The number of aryl methyl sites for hydroxylation is 1. The summed E-state index contributed by atoms with van der Waals surface area (Å²) in [5, 5.41) is 0.951. The van der Waals surface area contributed by atoms with Crippen LogP contribution in [-0.4, -0.2) is 0 Å². The number of halogens is 1. The summed E-state index contributed by atoms with van der Waals surface area (Å²) < 4.78 is 0. The summed E-state index contributed by atoms with van der Waals surface area (Å²) in [4.78, 5) is 2.76. The highest BCUT2D eigenvalue weighted by molar-refractivity contribution is 7.12. The van der Waals surface area contributed by atoms with Crippen molar-refractivity contribution < 1.29 is 0 Å². The monoisotopic (exact) mass is 172 g/mol. The summed E-state index contributed by atoms with van der Waals surface area (Å²) in [7, 11) is 0. The van der Waals surface area contributed by atoms with Gasteiger partial charge in [0.15, 0.2) is 0 Å². The van der Waals surface area contributed by atoms with Gasteiger partial charge in [0.25, 0.3) is 0 Å². The highest BCUT2D eigenvalue weighted by Crippen LogP contribution is 2.45. The van der Waals surface area contributed by atoms with Gasteiger partial charge in [0.2, 0.25) is 0 Å². The summed E-state index contributed by atoms with van der Waals surface area (Å²) in [5.41, 5.74) is 0. The highest BCUT2D eigenvalue weighted by Gasteiger charge is 2.25. The van der Waals surface area contributed by atoms with Crippen LogP contribution in [0.15, 0.2) is 6.07 Å². The molecule has 10 heavy (non-hydrogen) atoms. The molecule has 2 rings (SSSR count). The molecule has 0 saturated heterocycles. The van der Waals surface area contributed by atoms with Crippen molar-refractivity contribution in [2.75, 3.05) is 0 Å². The molecule has 2 heteroatoms. The smallest absolute Gasteiger partial charge is 0.0545 e. The first-order chi connectivity index (χ1) is 4.77. The molecule has 1 aromatic rings. The average Bonchev–Trinajstić information content (AvgIpc) is 2.64. The van der Waals surface area contributed by atoms with Gasteiger partial charge in [0.1, 0.15) is 0 Å². The quantitative estimate of drug-likeness (QED) is 0.608. The average molecular weight is 173 g/mol. The van der Waals surface area contributed by atoms with Crippen molar-refractivity contribution in [2.45, 2.75) is 25.7 Å². The van der Waals surface area contributed by atoms with Crippen LogP contribution in [0.3, 0.4) is 0 Å². The number of hydrogen-bond acceptors (Lipinski definition) is 1. The normalized spacial score (nSPS) is 17.8. The first-order valence-electron chi connectivity index (χ1n) is 3.53. The zero-order chi connectivity index (χ0) is 7.14. The molecule has 0 nitrogen and oxygen atoms in total. The Balaban J connectivity index is 2.34. The van der Waals surface area contributed by atoms with Crippen LogP contribution < -0.4 is 0 Å². The third-order valence-electron chi connectivity index (χ3n) is 1.86. The van der Waals surface area contributed by atoms with E-state index in [4.69, 9.17) is 11.6 Å². The molecule has 0 spiro atoms. The second-order valence-corrected chi connectivity index (χ2v) is 4.52. The lowest BCUT2D eigenvalue weighted by atomic mass is 10.3. The van der Waals surface area contributed by atoms with Crippen LogP contribution >= 0.6 is 22.9 Å². The van der Waals surface area contributed by atoms with E-state index in [0.29, 0.717) is 0 Å². The SMILES string of the molecule is Cc1sc(C2CC2)cc1Cl. The van der Waals surface area contributed by atoms with Gasteiger partial charge >= 0.3 is 0 Å². The number of thiophene rings is 1. The summed E-state index contributed by atoms with van der Waals surface area (Å²) in [6.45, 7) is 2.08. The van der Waals surface area contributed by atoms with Gasteiger partial charge in [-0.05, 0) is 31.7 Å². The zero-order valence-corrected chi connectivity index (χ0v) is 7.43. The molecule has 54 valence electrons. The first kappa shape index (κ1) is 6.68. The van der Waals surface area contributed by atoms with Crippen LogP contribution in [0.5, 0.6) is 0 Å². The van der Waals surface area contributed by atoms with E-state index in [-0.39, 0.29) is 0 Å². The molecule has 0 aliphatic heterocycles. The third kappa shape index (κ3) is 1.08. The van der Waals surface area contributed by atoms with E-state index in [0.717, 1.165) is 10.9 Å². The van der Waals surface area contributed by atoms with Gasteiger partial charge in [-0.1, -0.05) is 11.6 Å². The molecule has 1 fully saturated rings. The molecule has 0 atom stereocenters. The molecular formula is C8H9ClS. The van der Waals surface area contributed by atoms with E-state index in [1.54, 1.807) is 0 Å². The molecule has 1 aliphatic carbocycles. The van der Waals surface area contributed by atoms with Gasteiger partial charge in [-0.3, -0.25) is 0 Å². The molecule has 0 amide bonds. The zero-order valence-electron chi connectivity index (χ0n) is 5.86. The molecule has 0 unspecified atom stereocenters. The lowest BCUT2D eigenvalue weighted by Crippen LogP contribution is -1.63. The highest BCUT2D eigenvalue weighted by atomic mass is 35.5. The first-order valence-corrected chi connectivity index (χ1v) is 4.72. The fraction of sp³-hybridized carbons (Fsp3) is 0.500. The molecule has 1 aromatic heterocycles. The maximum Gasteiger partial charge on any atom is 0.0545 e. The minimum atomic E-state index is 0.858. The maximum absolute atomic E-state index is 5.91. The van der Waals surface area contributed by atoms with Crippen molar-refractivity contribution >= 4 is 22.9 Å². The second-order valence-electron chi connectivity index (χ2n) is 2.83. The Kier molecular flexibility index (Phi) is 1.50. The Bertz CT molecular complexity index is 228. The molecule has 0 radical (unpaired) electrons. The van der Waals surface area contributed by atoms with Crippen molar-refractivity contribution in [3.63, 3.8) is 0 Å². The van der Waals surface area contributed by atoms with Crippen LogP contribution in [0.4, 0.5) is 0 Å². The number of hydrogen-bond donors (Lipinski definition) is 0. The minimum Gasteiger partial charge on any atom is -0.144 e. The van der Waals surface area contributed by atoms with Crippen molar-refractivity contribution in [2.24, 2.45) is 0 Å². The van der Waals surface area contributed by atoms with Gasteiger partial charge in [0.05, 0.1) is 5.02 Å². The standard InChI is InChI=1S/C8H9ClS/c1-5-7(9)4-8(10-5)6-2-3-6/h4,6H,2-3H2,1H3. The molecule has 0 bridgehead atoms. The van der Waals surface area contributed by atoms with Crippen LogP contribution in [-0.2, 0) is 0 Å². The molecular weight excluding hydrogens is 164 g/mol. The minimum absolute atomic E-state index is 0.858. The molecule has 0 aromatic carbocycles. The summed E-state index contributed by atoms with van der Waals surface area (Å²) in [6, 6.07) is 2.12. The summed E-state index contributed by atoms with van der Waals surface area (Å²) >= 11 is 7.76. The Morgan fingerprint density at radius 2 is 2.30 bits per heavy atom. The lowest BCUT2D eigenvalue weighted by Gasteiger charge is -1.83. The van der Waals surface area contributed by atoms with E-state index < -0.39 is 0 Å². The Morgan fingerprint density at radius 1 is 1.60 bits per heavy atom. The van der Waals surface area contributed by atoms with E-state index in [1.165, 1.54) is 22.6 Å². The van der Waals surface area contributed by atoms with E-state index in [9.17, 15) is 0 Å². The van der Waals surface area contributed by atoms with Crippen molar-refractivity contribution in [3.05, 3.63) is 20.8 Å². The molecule has 0 N–H and O–H groups in total. The van der Waals surface area contributed by atoms with Crippen LogP contribution in [0.2, 0.25) is 5.02 Å². The van der Waals surface area contributed by atoms with Gasteiger partial charge in [0, 0.05) is 9.75 Å². The molecule has 1 aliphatic rings. The van der Waals surface area contributed by atoms with Gasteiger partial charge in [-0.15, -0.1) is 11.3 Å². The van der Waals surface area contributed by atoms with Crippen LogP contribution in [0.1, 0.15) is 28.5 Å². The van der Waals surface area contributed by atoms with E-state index in [2.05, 4.69) is 13.0 Å². The van der Waals surface area contributed by atoms with Gasteiger partial charge in [-0.25, -0.2) is 0 Å². The fourth-order valence-corrected chi connectivity index (χ4v) is 2.44. The van der Waals surface area contributed by atoms with E-state index >= 15 is 0 Å². The Morgan fingerprint density at radius 3 is 2.70 bits per heavy atom. The lowest BCUT2D eigenvalue weighted by molar-refractivity contribution is 1.18. The van der Waals surface area contributed by atoms with Crippen LogP contribution in [0.25, 0.3) is 0 Å². The largest absolute Gasteiger partial charge is 0.144 e. The third-order valence-corrected chi connectivity index (χ3v) is 3.57. The molecule has 1 saturated carbocycles. The number of rotatable bonds is 1. The molecule has 1 heterocycles. The van der Waals surface area contributed by atoms with Crippen molar-refractivity contribution in [1.82, 2.24) is 0 Å². The Labute approximate surface area is 69.8 Å². The van der Waals surface area contributed by atoms with Crippen molar-refractivity contribution in [3.8, 4) is 0 Å². The maximum atomic E-state index is 5.91. The van der Waals surface area contributed by atoms with Crippen LogP contribution in [0, 0.1) is 6.92 Å². The predicted octanol–water partition coefficient (Wildman–Crippen LogP) is 3.59. The van der Waals surface area contributed by atoms with Gasteiger partial charge < -0.3 is 0 Å². The summed E-state index contributed by atoms with van der Waals surface area (Å²) in [5.74, 6) is 0.858. The fourth-order valence-electron chi connectivity index (χ4n) is 1.05.